The van der Waals surface area contributed by atoms with Crippen LogP contribution in [0, 0.1) is 0 Å². The minimum absolute atomic E-state index is 0.769. The van der Waals surface area contributed by atoms with Gasteiger partial charge in [0, 0.05) is 29.4 Å². The number of aromatic nitrogens is 3. The molecule has 158 valence electrons. The smallest absolute Gasteiger partial charge is 0.155 e. The maximum absolute atomic E-state index is 6.15. The van der Waals surface area contributed by atoms with Crippen molar-refractivity contribution in [2.75, 3.05) is 26.2 Å². The third kappa shape index (κ3) is 4.22. The molecule has 2 aliphatic rings. The quantitative estimate of drug-likeness (QED) is 0.432. The largest absolute Gasteiger partial charge is 0.494 e. The van der Waals surface area contributed by atoms with E-state index in [2.05, 4.69) is 34.3 Å². The van der Waals surface area contributed by atoms with Gasteiger partial charge in [-0.25, -0.2) is 9.50 Å². The normalized spacial score (nSPS) is 17.6. The summed E-state index contributed by atoms with van der Waals surface area (Å²) in [6.45, 7) is 4.42. The molecule has 5 nitrogen and oxygen atoms in total. The molecule has 0 amide bonds. The Bertz CT molecular complexity index is 990. The van der Waals surface area contributed by atoms with E-state index >= 15 is 0 Å². The Kier molecular flexibility index (Phi) is 5.98. The fraction of sp³-hybridized carbons (Fsp3) is 0.520. The van der Waals surface area contributed by atoms with E-state index in [1.165, 1.54) is 74.1 Å². The molecule has 3 heterocycles. The topological polar surface area (TPSA) is 42.7 Å². The second-order valence-electron chi connectivity index (χ2n) is 8.68. The number of piperidine rings is 1. The summed E-state index contributed by atoms with van der Waals surface area (Å²) in [6.07, 6.45) is 12.9. The first-order valence-electron chi connectivity index (χ1n) is 11.7. The highest BCUT2D eigenvalue weighted by Gasteiger charge is 2.19. The van der Waals surface area contributed by atoms with E-state index in [1.54, 1.807) is 0 Å². The van der Waals surface area contributed by atoms with Gasteiger partial charge in [0.25, 0.3) is 0 Å². The first-order valence-corrected chi connectivity index (χ1v) is 11.7. The number of hydrogen-bond acceptors (Lipinski definition) is 4. The average molecular weight is 405 g/mol. The van der Waals surface area contributed by atoms with Crippen LogP contribution in [-0.4, -0.2) is 45.7 Å². The van der Waals surface area contributed by atoms with Gasteiger partial charge in [-0.3, -0.25) is 0 Å². The van der Waals surface area contributed by atoms with Gasteiger partial charge in [0.15, 0.2) is 5.65 Å². The zero-order valence-corrected chi connectivity index (χ0v) is 17.9. The number of hydrogen-bond donors (Lipinski definition) is 0. The molecule has 0 unspecified atom stereocenters. The standard InChI is InChI=1S/C25H32N4O/c1-3-11-22-23(12-4-1)27-24-13-14-26-29(24)25(22)20-9-7-10-21(19-20)30-18-8-17-28-15-5-2-6-16-28/h7,9-10,13-14,19H,1-6,8,11-12,15-18H2. The lowest BCUT2D eigenvalue weighted by Gasteiger charge is -2.26. The van der Waals surface area contributed by atoms with Crippen LogP contribution in [0.25, 0.3) is 16.9 Å². The second kappa shape index (κ2) is 9.17. The van der Waals surface area contributed by atoms with Crippen LogP contribution in [0.3, 0.4) is 0 Å². The van der Waals surface area contributed by atoms with E-state index in [9.17, 15) is 0 Å². The van der Waals surface area contributed by atoms with Crippen molar-refractivity contribution in [3.8, 4) is 17.0 Å². The summed E-state index contributed by atoms with van der Waals surface area (Å²) in [5.74, 6) is 0.950. The Morgan fingerprint density at radius 1 is 0.933 bits per heavy atom. The number of likely N-dealkylation sites (tertiary alicyclic amines) is 1. The minimum Gasteiger partial charge on any atom is -0.494 e. The molecular weight excluding hydrogens is 372 g/mol. The van der Waals surface area contributed by atoms with E-state index < -0.39 is 0 Å². The molecule has 2 aromatic heterocycles. The lowest BCUT2D eigenvalue weighted by atomic mass is 10.0. The predicted octanol–water partition coefficient (Wildman–Crippen LogP) is 4.92. The van der Waals surface area contributed by atoms with Gasteiger partial charge in [0.1, 0.15) is 5.75 Å². The van der Waals surface area contributed by atoms with Gasteiger partial charge in [-0.1, -0.05) is 25.0 Å². The fourth-order valence-corrected chi connectivity index (χ4v) is 4.95. The van der Waals surface area contributed by atoms with E-state index in [-0.39, 0.29) is 0 Å². The third-order valence-corrected chi connectivity index (χ3v) is 6.50. The highest BCUT2D eigenvalue weighted by Crippen LogP contribution is 2.32. The summed E-state index contributed by atoms with van der Waals surface area (Å²) in [7, 11) is 0. The van der Waals surface area contributed by atoms with Crippen LogP contribution < -0.4 is 4.74 Å². The molecule has 0 bridgehead atoms. The molecule has 1 aromatic carbocycles. The number of aryl methyl sites for hydroxylation is 1. The molecule has 30 heavy (non-hydrogen) atoms. The Morgan fingerprint density at radius 3 is 2.73 bits per heavy atom. The molecule has 0 atom stereocenters. The number of benzene rings is 1. The molecule has 1 fully saturated rings. The van der Waals surface area contributed by atoms with Crippen LogP contribution in [-0.2, 0) is 12.8 Å². The van der Waals surface area contributed by atoms with Crippen molar-refractivity contribution in [2.45, 2.75) is 57.8 Å². The molecule has 5 rings (SSSR count). The number of fused-ring (bicyclic) bond motifs is 2. The molecule has 0 N–H and O–H groups in total. The molecule has 0 radical (unpaired) electrons. The van der Waals surface area contributed by atoms with Gasteiger partial charge < -0.3 is 9.64 Å². The second-order valence-corrected chi connectivity index (χ2v) is 8.68. The maximum atomic E-state index is 6.15. The Labute approximate surface area is 179 Å². The van der Waals surface area contributed by atoms with Gasteiger partial charge in [0.2, 0.25) is 0 Å². The molecule has 0 saturated carbocycles. The summed E-state index contributed by atoms with van der Waals surface area (Å²) >= 11 is 0. The lowest BCUT2D eigenvalue weighted by Crippen LogP contribution is -2.31. The van der Waals surface area contributed by atoms with Crippen molar-refractivity contribution in [1.82, 2.24) is 19.5 Å². The Balaban J connectivity index is 1.35. The summed E-state index contributed by atoms with van der Waals surface area (Å²) in [6, 6.07) is 10.6. The van der Waals surface area contributed by atoms with E-state index in [0.29, 0.717) is 0 Å². The van der Waals surface area contributed by atoms with Crippen LogP contribution in [0.15, 0.2) is 36.5 Å². The van der Waals surface area contributed by atoms with Crippen LogP contribution in [0.5, 0.6) is 5.75 Å². The SMILES string of the molecule is c1cc(OCCCN2CCCCC2)cc(-c2c3c(nc4ccnn24)CCCCC3)c1. The summed E-state index contributed by atoms with van der Waals surface area (Å²) < 4.78 is 8.16. The van der Waals surface area contributed by atoms with E-state index in [1.807, 2.05) is 16.8 Å². The molecule has 3 aromatic rings. The third-order valence-electron chi connectivity index (χ3n) is 6.50. The first kappa shape index (κ1) is 19.6. The maximum Gasteiger partial charge on any atom is 0.155 e. The zero-order chi connectivity index (χ0) is 20.2. The van der Waals surface area contributed by atoms with Gasteiger partial charge in [-0.05, 0) is 70.2 Å². The first-order chi connectivity index (χ1) is 14.9. The van der Waals surface area contributed by atoms with E-state index in [4.69, 9.17) is 9.72 Å². The molecule has 1 aliphatic heterocycles. The number of ether oxygens (including phenoxy) is 1. The van der Waals surface area contributed by atoms with Crippen LogP contribution in [0.4, 0.5) is 0 Å². The van der Waals surface area contributed by atoms with Crippen molar-refractivity contribution in [2.24, 2.45) is 0 Å². The Hall–Kier alpha value is -2.40. The molecule has 1 saturated heterocycles. The average Bonchev–Trinajstić information content (AvgIpc) is 3.12. The van der Waals surface area contributed by atoms with Crippen molar-refractivity contribution in [1.29, 1.82) is 0 Å². The Morgan fingerprint density at radius 2 is 1.80 bits per heavy atom. The van der Waals surface area contributed by atoms with Gasteiger partial charge >= 0.3 is 0 Å². The van der Waals surface area contributed by atoms with Gasteiger partial charge in [-0.2, -0.15) is 5.10 Å². The fourth-order valence-electron chi connectivity index (χ4n) is 4.95. The van der Waals surface area contributed by atoms with Crippen molar-refractivity contribution < 1.29 is 4.74 Å². The molecular formula is C25H32N4O. The van der Waals surface area contributed by atoms with Crippen molar-refractivity contribution in [3.05, 3.63) is 47.8 Å². The van der Waals surface area contributed by atoms with Crippen LogP contribution in [0.1, 0.15) is 56.2 Å². The summed E-state index contributed by atoms with van der Waals surface area (Å²) in [4.78, 5) is 7.49. The van der Waals surface area contributed by atoms with Gasteiger partial charge in [-0.15, -0.1) is 0 Å². The summed E-state index contributed by atoms with van der Waals surface area (Å²) in [5, 5.41) is 4.60. The van der Waals surface area contributed by atoms with Crippen LogP contribution in [0.2, 0.25) is 0 Å². The summed E-state index contributed by atoms with van der Waals surface area (Å²) in [5.41, 5.74) is 5.94. The highest BCUT2D eigenvalue weighted by molar-refractivity contribution is 5.69. The molecule has 0 spiro atoms. The van der Waals surface area contributed by atoms with Crippen molar-refractivity contribution in [3.63, 3.8) is 0 Å². The molecule has 5 heteroatoms. The van der Waals surface area contributed by atoms with Crippen molar-refractivity contribution >= 4 is 5.65 Å². The molecule has 1 aliphatic carbocycles. The number of nitrogens with zero attached hydrogens (tertiary/aromatic N) is 4. The lowest BCUT2D eigenvalue weighted by molar-refractivity contribution is 0.205. The monoisotopic (exact) mass is 404 g/mol. The van der Waals surface area contributed by atoms with E-state index in [0.717, 1.165) is 43.8 Å². The highest BCUT2D eigenvalue weighted by atomic mass is 16.5. The van der Waals surface area contributed by atoms with Gasteiger partial charge in [0.05, 0.1) is 18.5 Å². The predicted molar refractivity (Wildman–Crippen MR) is 120 cm³/mol. The minimum atomic E-state index is 0.769. The number of rotatable bonds is 6. The van der Waals surface area contributed by atoms with Crippen LogP contribution >= 0.6 is 0 Å². The zero-order valence-electron chi connectivity index (χ0n) is 17.9.